The van der Waals surface area contributed by atoms with Gasteiger partial charge in [-0.3, -0.25) is 4.79 Å². The molecule has 1 heterocycles. The van der Waals surface area contributed by atoms with E-state index in [4.69, 9.17) is 5.73 Å². The van der Waals surface area contributed by atoms with Gasteiger partial charge >= 0.3 is 0 Å². The molecule has 1 aliphatic heterocycles. The predicted octanol–water partition coefficient (Wildman–Crippen LogP) is 3.44. The van der Waals surface area contributed by atoms with E-state index in [2.05, 4.69) is 22.9 Å². The van der Waals surface area contributed by atoms with Crippen molar-refractivity contribution in [2.24, 2.45) is 0 Å². The lowest BCUT2D eigenvalue weighted by Crippen LogP contribution is -2.43. The molecule has 0 aliphatic carbocycles. The molecule has 3 nitrogen and oxygen atoms in total. The van der Waals surface area contributed by atoms with Crippen LogP contribution < -0.4 is 5.73 Å². The molecule has 4 heteroatoms. The highest BCUT2D eigenvalue weighted by Gasteiger charge is 2.26. The van der Waals surface area contributed by atoms with Crippen molar-refractivity contribution >= 4 is 27.5 Å². The Morgan fingerprint density at radius 3 is 2.94 bits per heavy atom. The number of rotatable bonds is 2. The maximum atomic E-state index is 12.5. The van der Waals surface area contributed by atoms with E-state index in [1.807, 2.05) is 17.0 Å². The Labute approximate surface area is 116 Å². The van der Waals surface area contributed by atoms with Gasteiger partial charge in [0.2, 0.25) is 0 Å². The van der Waals surface area contributed by atoms with Gasteiger partial charge in [0.05, 0.1) is 0 Å². The fraction of sp³-hybridized carbons (Fsp3) is 0.500. The maximum Gasteiger partial charge on any atom is 0.254 e. The number of nitrogens with zero attached hydrogens (tertiary/aromatic N) is 1. The van der Waals surface area contributed by atoms with Gasteiger partial charge in [0.15, 0.2) is 0 Å². The molecule has 2 N–H and O–H groups in total. The number of hydrogen-bond donors (Lipinski definition) is 1. The standard InChI is InChI=1S/C14H19BrN2O/c1-2-11-5-3-4-8-17(11)14(18)10-6-7-13(16)12(15)9-10/h6-7,9,11H,2-5,8,16H2,1H3. The topological polar surface area (TPSA) is 46.3 Å². The number of piperidine rings is 1. The molecule has 1 saturated heterocycles. The summed E-state index contributed by atoms with van der Waals surface area (Å²) in [5.74, 6) is 0.127. The van der Waals surface area contributed by atoms with Crippen LogP contribution in [0.15, 0.2) is 22.7 Å². The van der Waals surface area contributed by atoms with Gasteiger partial charge in [0, 0.05) is 28.3 Å². The zero-order chi connectivity index (χ0) is 13.1. The van der Waals surface area contributed by atoms with E-state index in [9.17, 15) is 4.79 Å². The van der Waals surface area contributed by atoms with Crippen LogP contribution in [-0.4, -0.2) is 23.4 Å². The Kier molecular flexibility index (Phi) is 4.27. The van der Waals surface area contributed by atoms with Crippen LogP contribution in [0.25, 0.3) is 0 Å². The van der Waals surface area contributed by atoms with Gasteiger partial charge in [-0.15, -0.1) is 0 Å². The van der Waals surface area contributed by atoms with E-state index in [0.717, 1.165) is 35.8 Å². The van der Waals surface area contributed by atoms with Gasteiger partial charge in [-0.1, -0.05) is 6.92 Å². The third-order valence-corrected chi connectivity index (χ3v) is 4.29. The number of benzene rings is 1. The van der Waals surface area contributed by atoms with Crippen LogP contribution in [-0.2, 0) is 0 Å². The normalized spacial score (nSPS) is 19.9. The SMILES string of the molecule is CCC1CCCCN1C(=O)c1ccc(N)c(Br)c1. The second kappa shape index (κ2) is 5.74. The molecule has 0 spiro atoms. The second-order valence-corrected chi connectivity index (χ2v) is 5.65. The summed E-state index contributed by atoms with van der Waals surface area (Å²) in [6.45, 7) is 3.02. The van der Waals surface area contributed by atoms with Crippen molar-refractivity contribution in [2.45, 2.75) is 38.6 Å². The van der Waals surface area contributed by atoms with E-state index in [-0.39, 0.29) is 5.91 Å². The number of carbonyl (C=O) groups excluding carboxylic acids is 1. The van der Waals surface area contributed by atoms with Crippen molar-refractivity contribution in [3.8, 4) is 0 Å². The number of carbonyl (C=O) groups is 1. The van der Waals surface area contributed by atoms with E-state index in [0.29, 0.717) is 11.7 Å². The number of hydrogen-bond acceptors (Lipinski definition) is 2. The van der Waals surface area contributed by atoms with E-state index < -0.39 is 0 Å². The van der Waals surface area contributed by atoms with Crippen LogP contribution in [0.3, 0.4) is 0 Å². The van der Waals surface area contributed by atoms with E-state index >= 15 is 0 Å². The molecule has 0 saturated carbocycles. The first kappa shape index (κ1) is 13.4. The molecule has 2 rings (SSSR count). The van der Waals surface area contributed by atoms with Crippen molar-refractivity contribution in [1.29, 1.82) is 0 Å². The van der Waals surface area contributed by atoms with Crippen molar-refractivity contribution in [1.82, 2.24) is 4.90 Å². The van der Waals surface area contributed by atoms with E-state index in [1.165, 1.54) is 6.42 Å². The molecule has 1 aromatic rings. The summed E-state index contributed by atoms with van der Waals surface area (Å²) in [4.78, 5) is 14.5. The summed E-state index contributed by atoms with van der Waals surface area (Å²) in [5.41, 5.74) is 7.13. The summed E-state index contributed by atoms with van der Waals surface area (Å²) in [7, 11) is 0. The summed E-state index contributed by atoms with van der Waals surface area (Å²) in [6, 6.07) is 5.80. The lowest BCUT2D eigenvalue weighted by molar-refractivity contribution is 0.0608. The summed E-state index contributed by atoms with van der Waals surface area (Å²) >= 11 is 3.37. The van der Waals surface area contributed by atoms with Crippen LogP contribution in [0.4, 0.5) is 5.69 Å². The number of nitrogens with two attached hydrogens (primary N) is 1. The number of likely N-dealkylation sites (tertiary alicyclic amines) is 1. The molecule has 1 amide bonds. The fourth-order valence-corrected chi connectivity index (χ4v) is 2.90. The Balaban J connectivity index is 2.21. The van der Waals surface area contributed by atoms with Gasteiger partial charge in [0.25, 0.3) is 5.91 Å². The molecular formula is C14H19BrN2O. The smallest absolute Gasteiger partial charge is 0.254 e. The molecule has 0 aromatic heterocycles. The minimum absolute atomic E-state index is 0.127. The lowest BCUT2D eigenvalue weighted by Gasteiger charge is -2.35. The zero-order valence-corrected chi connectivity index (χ0v) is 12.2. The Morgan fingerprint density at radius 1 is 1.50 bits per heavy atom. The highest BCUT2D eigenvalue weighted by atomic mass is 79.9. The summed E-state index contributed by atoms with van der Waals surface area (Å²) in [6.07, 6.45) is 4.49. The molecule has 1 fully saturated rings. The third kappa shape index (κ3) is 2.69. The predicted molar refractivity (Wildman–Crippen MR) is 77.5 cm³/mol. The Bertz CT molecular complexity index is 447. The first-order valence-electron chi connectivity index (χ1n) is 6.49. The van der Waals surface area contributed by atoms with Crippen LogP contribution in [0, 0.1) is 0 Å². The van der Waals surface area contributed by atoms with Gasteiger partial charge in [-0.05, 0) is 59.8 Å². The maximum absolute atomic E-state index is 12.5. The molecule has 1 aliphatic rings. The monoisotopic (exact) mass is 310 g/mol. The van der Waals surface area contributed by atoms with Crippen molar-refractivity contribution in [3.63, 3.8) is 0 Å². The summed E-state index contributed by atoms with van der Waals surface area (Å²) < 4.78 is 0.790. The van der Waals surface area contributed by atoms with Gasteiger partial charge in [0.1, 0.15) is 0 Å². The zero-order valence-electron chi connectivity index (χ0n) is 10.7. The Morgan fingerprint density at radius 2 is 2.28 bits per heavy atom. The molecule has 0 radical (unpaired) electrons. The van der Waals surface area contributed by atoms with Crippen LogP contribution >= 0.6 is 15.9 Å². The minimum Gasteiger partial charge on any atom is -0.398 e. The van der Waals surface area contributed by atoms with Crippen LogP contribution in [0.1, 0.15) is 43.0 Å². The van der Waals surface area contributed by atoms with Crippen LogP contribution in [0.5, 0.6) is 0 Å². The molecule has 1 aromatic carbocycles. The molecule has 1 atom stereocenters. The Hall–Kier alpha value is -1.03. The van der Waals surface area contributed by atoms with Crippen LogP contribution in [0.2, 0.25) is 0 Å². The number of halogens is 1. The quantitative estimate of drug-likeness (QED) is 0.851. The molecule has 0 bridgehead atoms. The molecule has 18 heavy (non-hydrogen) atoms. The summed E-state index contributed by atoms with van der Waals surface area (Å²) in [5, 5.41) is 0. The third-order valence-electron chi connectivity index (χ3n) is 3.61. The number of amides is 1. The average molecular weight is 311 g/mol. The molecular weight excluding hydrogens is 292 g/mol. The highest BCUT2D eigenvalue weighted by Crippen LogP contribution is 2.25. The fourth-order valence-electron chi connectivity index (χ4n) is 2.52. The van der Waals surface area contributed by atoms with Gasteiger partial charge in [-0.2, -0.15) is 0 Å². The highest BCUT2D eigenvalue weighted by molar-refractivity contribution is 9.10. The number of nitrogen functional groups attached to an aromatic ring is 1. The van der Waals surface area contributed by atoms with Gasteiger partial charge < -0.3 is 10.6 Å². The van der Waals surface area contributed by atoms with E-state index in [1.54, 1.807) is 6.07 Å². The second-order valence-electron chi connectivity index (χ2n) is 4.79. The average Bonchev–Trinajstić information content (AvgIpc) is 2.41. The lowest BCUT2D eigenvalue weighted by atomic mass is 9.99. The first-order chi connectivity index (χ1) is 8.63. The largest absolute Gasteiger partial charge is 0.398 e. The molecule has 98 valence electrons. The van der Waals surface area contributed by atoms with Crippen molar-refractivity contribution < 1.29 is 4.79 Å². The van der Waals surface area contributed by atoms with Gasteiger partial charge in [-0.25, -0.2) is 0 Å². The van der Waals surface area contributed by atoms with Crippen molar-refractivity contribution in [3.05, 3.63) is 28.2 Å². The van der Waals surface area contributed by atoms with Crippen molar-refractivity contribution in [2.75, 3.05) is 12.3 Å². The first-order valence-corrected chi connectivity index (χ1v) is 7.28. The number of anilines is 1. The minimum atomic E-state index is 0.127. The molecule has 1 unspecified atom stereocenters.